The van der Waals surface area contributed by atoms with Gasteiger partial charge in [-0.2, -0.15) is 5.10 Å². The van der Waals surface area contributed by atoms with Crippen molar-refractivity contribution in [3.8, 4) is 0 Å². The van der Waals surface area contributed by atoms with Gasteiger partial charge in [-0.3, -0.25) is 4.68 Å². The maximum absolute atomic E-state index is 4.67. The first kappa shape index (κ1) is 17.2. The Labute approximate surface area is 125 Å². The molecule has 1 rings (SSSR count). The van der Waals surface area contributed by atoms with E-state index < -0.39 is 0 Å². The number of hydrogen-bond acceptors (Lipinski definition) is 2. The topological polar surface area (TPSA) is 29.9 Å². The molecule has 0 aliphatic carbocycles. The Morgan fingerprint density at radius 3 is 2.50 bits per heavy atom. The van der Waals surface area contributed by atoms with Crippen molar-refractivity contribution < 1.29 is 0 Å². The zero-order chi connectivity index (χ0) is 14.8. The number of nitrogens with zero attached hydrogens (tertiary/aromatic N) is 2. The van der Waals surface area contributed by atoms with Crippen LogP contribution in [0.3, 0.4) is 0 Å². The number of rotatable bonds is 11. The number of nitrogens with one attached hydrogen (secondary N) is 1. The average molecular weight is 279 g/mol. The molecule has 1 N–H and O–H groups in total. The zero-order valence-electron chi connectivity index (χ0n) is 13.9. The lowest BCUT2D eigenvalue weighted by Crippen LogP contribution is -2.20. The minimum Gasteiger partial charge on any atom is -0.316 e. The summed E-state index contributed by atoms with van der Waals surface area (Å²) in [7, 11) is 0. The molecule has 0 saturated carbocycles. The van der Waals surface area contributed by atoms with E-state index in [1.54, 1.807) is 0 Å². The minimum absolute atomic E-state index is 0.759. The molecule has 1 aromatic heterocycles. The van der Waals surface area contributed by atoms with Gasteiger partial charge in [0.05, 0.1) is 5.69 Å². The second kappa shape index (κ2) is 9.98. The molecule has 0 amide bonds. The van der Waals surface area contributed by atoms with E-state index in [0.29, 0.717) is 0 Å². The van der Waals surface area contributed by atoms with E-state index in [4.69, 9.17) is 0 Å². The van der Waals surface area contributed by atoms with Crippen molar-refractivity contribution in [3.05, 3.63) is 17.5 Å². The fraction of sp³-hybridized carbons (Fsp3) is 0.824. The van der Waals surface area contributed by atoms with Gasteiger partial charge in [-0.05, 0) is 50.8 Å². The molecule has 0 atom stereocenters. The molecule has 0 aliphatic heterocycles. The second-order valence-corrected chi connectivity index (χ2v) is 6.07. The van der Waals surface area contributed by atoms with Gasteiger partial charge in [-0.1, -0.05) is 40.5 Å². The second-order valence-electron chi connectivity index (χ2n) is 6.07. The predicted molar refractivity (Wildman–Crippen MR) is 87.2 cm³/mol. The Morgan fingerprint density at radius 1 is 1.10 bits per heavy atom. The molecule has 116 valence electrons. The van der Waals surface area contributed by atoms with Crippen molar-refractivity contribution in [2.45, 2.75) is 72.8 Å². The molecule has 0 saturated heterocycles. The Morgan fingerprint density at radius 2 is 1.85 bits per heavy atom. The lowest BCUT2D eigenvalue weighted by Gasteiger charge is -2.08. The van der Waals surface area contributed by atoms with E-state index in [2.05, 4.69) is 48.9 Å². The Kier molecular flexibility index (Phi) is 8.59. The van der Waals surface area contributed by atoms with Gasteiger partial charge in [0.15, 0.2) is 0 Å². The first-order valence-corrected chi connectivity index (χ1v) is 8.43. The van der Waals surface area contributed by atoms with Gasteiger partial charge >= 0.3 is 0 Å². The molecule has 0 radical (unpaired) electrons. The maximum atomic E-state index is 4.67. The molecule has 20 heavy (non-hydrogen) atoms. The highest BCUT2D eigenvalue weighted by molar-refractivity contribution is 5.10. The molecule has 1 heterocycles. The van der Waals surface area contributed by atoms with Crippen molar-refractivity contribution in [1.82, 2.24) is 15.1 Å². The smallest absolute Gasteiger partial charge is 0.0624 e. The van der Waals surface area contributed by atoms with Crippen LogP contribution in [0.2, 0.25) is 0 Å². The van der Waals surface area contributed by atoms with E-state index in [0.717, 1.165) is 31.8 Å². The van der Waals surface area contributed by atoms with Gasteiger partial charge in [0.1, 0.15) is 0 Å². The summed E-state index contributed by atoms with van der Waals surface area (Å²) in [5, 5.41) is 8.18. The summed E-state index contributed by atoms with van der Waals surface area (Å²) in [6, 6.07) is 2.26. The van der Waals surface area contributed by atoms with Crippen LogP contribution in [0.5, 0.6) is 0 Å². The maximum Gasteiger partial charge on any atom is 0.0624 e. The molecule has 0 aromatic carbocycles. The first-order chi connectivity index (χ1) is 9.67. The largest absolute Gasteiger partial charge is 0.316 e. The van der Waals surface area contributed by atoms with Crippen molar-refractivity contribution >= 4 is 0 Å². The lowest BCUT2D eigenvalue weighted by molar-refractivity contribution is 0.498. The predicted octanol–water partition coefficient (Wildman–Crippen LogP) is 3.81. The Balaban J connectivity index is 2.10. The highest BCUT2D eigenvalue weighted by Gasteiger charge is 2.04. The van der Waals surface area contributed by atoms with Gasteiger partial charge in [0.25, 0.3) is 0 Å². The number of unbranched alkanes of at least 4 members (excludes halogenated alkanes) is 3. The van der Waals surface area contributed by atoms with Gasteiger partial charge in [-0.25, -0.2) is 0 Å². The molecule has 1 aromatic rings. The third kappa shape index (κ3) is 6.56. The van der Waals surface area contributed by atoms with Crippen molar-refractivity contribution in [3.63, 3.8) is 0 Å². The molecule has 0 spiro atoms. The van der Waals surface area contributed by atoms with Crippen molar-refractivity contribution in [2.24, 2.45) is 5.92 Å². The lowest BCUT2D eigenvalue weighted by atomic mass is 10.2. The number of hydrogen-bond donors (Lipinski definition) is 1. The minimum atomic E-state index is 0.759. The number of aromatic nitrogens is 2. The summed E-state index contributed by atoms with van der Waals surface area (Å²) < 4.78 is 2.22. The van der Waals surface area contributed by atoms with Gasteiger partial charge in [-0.15, -0.1) is 0 Å². The van der Waals surface area contributed by atoms with E-state index in [1.807, 2.05) is 0 Å². The zero-order valence-corrected chi connectivity index (χ0v) is 13.9. The molecule has 3 nitrogen and oxygen atoms in total. The highest BCUT2D eigenvalue weighted by Crippen LogP contribution is 2.09. The SMILES string of the molecule is CCc1cc(CC)n(CCCCCCNCC(C)C)n1. The van der Waals surface area contributed by atoms with Crippen LogP contribution in [0, 0.1) is 5.92 Å². The number of aryl methyl sites for hydroxylation is 3. The average Bonchev–Trinajstić information content (AvgIpc) is 2.84. The fourth-order valence-electron chi connectivity index (χ4n) is 2.42. The van der Waals surface area contributed by atoms with Crippen LogP contribution >= 0.6 is 0 Å². The van der Waals surface area contributed by atoms with Gasteiger partial charge in [0, 0.05) is 12.2 Å². The summed E-state index contributed by atoms with van der Waals surface area (Å²) in [5.74, 6) is 0.759. The van der Waals surface area contributed by atoms with E-state index >= 15 is 0 Å². The standard InChI is InChI=1S/C17H33N3/c1-5-16-13-17(6-2)20(19-16)12-10-8-7-9-11-18-14-15(3)4/h13,15,18H,5-12,14H2,1-4H3. The fourth-order valence-corrected chi connectivity index (χ4v) is 2.42. The van der Waals surface area contributed by atoms with Crippen LogP contribution in [0.15, 0.2) is 6.07 Å². The van der Waals surface area contributed by atoms with E-state index in [-0.39, 0.29) is 0 Å². The van der Waals surface area contributed by atoms with Crippen LogP contribution in [-0.2, 0) is 19.4 Å². The molecular weight excluding hydrogens is 246 g/mol. The van der Waals surface area contributed by atoms with E-state index in [9.17, 15) is 0 Å². The molecule has 0 fully saturated rings. The van der Waals surface area contributed by atoms with Crippen LogP contribution < -0.4 is 5.32 Å². The molecule has 0 aliphatic rings. The van der Waals surface area contributed by atoms with Crippen molar-refractivity contribution in [2.75, 3.05) is 13.1 Å². The molecule has 0 unspecified atom stereocenters. The Bertz CT molecular complexity index is 355. The molecule has 3 heteroatoms. The summed E-state index contributed by atoms with van der Waals surface area (Å²) in [4.78, 5) is 0. The highest BCUT2D eigenvalue weighted by atomic mass is 15.3. The van der Waals surface area contributed by atoms with Crippen molar-refractivity contribution in [1.29, 1.82) is 0 Å². The first-order valence-electron chi connectivity index (χ1n) is 8.43. The third-order valence-corrected chi connectivity index (χ3v) is 3.66. The quantitative estimate of drug-likeness (QED) is 0.624. The summed E-state index contributed by atoms with van der Waals surface area (Å²) in [5.41, 5.74) is 2.63. The van der Waals surface area contributed by atoms with E-state index in [1.165, 1.54) is 43.6 Å². The normalized spacial score (nSPS) is 11.4. The Hall–Kier alpha value is -0.830. The molecular formula is C17H33N3. The summed E-state index contributed by atoms with van der Waals surface area (Å²) in [6.45, 7) is 12.3. The van der Waals surface area contributed by atoms with Gasteiger partial charge < -0.3 is 5.32 Å². The summed E-state index contributed by atoms with van der Waals surface area (Å²) in [6.07, 6.45) is 7.32. The molecule has 0 bridgehead atoms. The van der Waals surface area contributed by atoms with Crippen LogP contribution in [0.25, 0.3) is 0 Å². The van der Waals surface area contributed by atoms with Crippen LogP contribution in [0.4, 0.5) is 0 Å². The van der Waals surface area contributed by atoms with Crippen LogP contribution in [0.1, 0.15) is 64.8 Å². The van der Waals surface area contributed by atoms with Crippen LogP contribution in [-0.4, -0.2) is 22.9 Å². The monoisotopic (exact) mass is 279 g/mol. The summed E-state index contributed by atoms with van der Waals surface area (Å²) >= 11 is 0. The van der Waals surface area contributed by atoms with Gasteiger partial charge in [0.2, 0.25) is 0 Å². The third-order valence-electron chi connectivity index (χ3n) is 3.66.